The maximum Gasteiger partial charge on any atom is 0.204 e. The molecule has 1 saturated carbocycles. The minimum atomic E-state index is -1.74. The third-order valence-corrected chi connectivity index (χ3v) is 5.80. The van der Waals surface area contributed by atoms with E-state index in [0.717, 1.165) is 18.9 Å². The summed E-state index contributed by atoms with van der Waals surface area (Å²) < 4.78 is 76.5. The number of nitrogens with two attached hydrogens (primary N) is 2. The van der Waals surface area contributed by atoms with Crippen LogP contribution in [-0.2, 0) is 0 Å². The molecule has 2 heterocycles. The minimum Gasteiger partial charge on any atom is -0.451 e. The number of aromatic nitrogens is 4. The number of ether oxygens (including phenoxy) is 1. The van der Waals surface area contributed by atoms with Gasteiger partial charge in [0.1, 0.15) is 29.4 Å². The summed E-state index contributed by atoms with van der Waals surface area (Å²) in [5, 5.41) is 4.87. The molecule has 0 saturated heterocycles. The van der Waals surface area contributed by atoms with Crippen molar-refractivity contribution in [2.75, 3.05) is 5.73 Å². The molecule has 4 N–H and O–H groups in total. The van der Waals surface area contributed by atoms with Gasteiger partial charge in [-0.2, -0.15) is 13.9 Å². The molecule has 1 fully saturated rings. The summed E-state index contributed by atoms with van der Waals surface area (Å²) in [7, 11) is 0. The summed E-state index contributed by atoms with van der Waals surface area (Å²) in [6, 6.07) is 3.24. The molecule has 0 bridgehead atoms. The van der Waals surface area contributed by atoms with Gasteiger partial charge in [0.25, 0.3) is 0 Å². The number of fused-ring (bicyclic) bond motifs is 1. The normalized spacial score (nSPS) is 18.1. The van der Waals surface area contributed by atoms with Crippen molar-refractivity contribution < 1.29 is 26.7 Å². The lowest BCUT2D eigenvalue weighted by molar-refractivity contribution is 0.365. The second-order valence-electron chi connectivity index (χ2n) is 8.02. The minimum absolute atomic E-state index is 0.00787. The fraction of sp³-hybridized carbons (Fsp3) is 0.227. The van der Waals surface area contributed by atoms with Crippen molar-refractivity contribution in [3.63, 3.8) is 0 Å². The molecule has 0 aliphatic heterocycles. The Labute approximate surface area is 189 Å². The zero-order chi connectivity index (χ0) is 24.1. The van der Waals surface area contributed by atoms with E-state index in [9.17, 15) is 17.6 Å². The van der Waals surface area contributed by atoms with Crippen LogP contribution in [0.25, 0.3) is 22.3 Å². The Kier molecular flexibility index (Phi) is 5.31. The van der Waals surface area contributed by atoms with Gasteiger partial charge in [0.15, 0.2) is 17.3 Å². The number of nitrogens with zero attached hydrogens (tertiary/aromatic N) is 4. The lowest BCUT2D eigenvalue weighted by atomic mass is 10.1. The SMILES string of the molecule is Nc1ncnc2c1c(-c1ccc(Oc3c(F)c(F)cc(F)c3F)cc1F)nn2[C@@H]1CC[C@H](N)C1. The average molecular weight is 476 g/mol. The van der Waals surface area contributed by atoms with Crippen LogP contribution in [0.2, 0.25) is 0 Å². The summed E-state index contributed by atoms with van der Waals surface area (Å²) >= 11 is 0. The predicted molar refractivity (Wildman–Crippen MR) is 112 cm³/mol. The van der Waals surface area contributed by atoms with Crippen molar-refractivity contribution in [3.8, 4) is 22.8 Å². The van der Waals surface area contributed by atoms with E-state index in [1.54, 1.807) is 4.68 Å². The monoisotopic (exact) mass is 476 g/mol. The molecule has 0 unspecified atom stereocenters. The van der Waals surface area contributed by atoms with E-state index in [1.165, 1.54) is 18.5 Å². The topological polar surface area (TPSA) is 105 Å². The van der Waals surface area contributed by atoms with Crippen molar-refractivity contribution in [1.82, 2.24) is 19.7 Å². The molecule has 1 aliphatic carbocycles. The fourth-order valence-corrected chi connectivity index (χ4v) is 4.16. The van der Waals surface area contributed by atoms with E-state index >= 15 is 4.39 Å². The van der Waals surface area contributed by atoms with Crippen LogP contribution in [0, 0.1) is 29.1 Å². The molecule has 2 aromatic heterocycles. The van der Waals surface area contributed by atoms with Crippen LogP contribution in [0.5, 0.6) is 11.5 Å². The molecule has 0 radical (unpaired) electrons. The number of halogens is 5. The molecular weight excluding hydrogens is 459 g/mol. The molecule has 2 atom stereocenters. The summed E-state index contributed by atoms with van der Waals surface area (Å²) in [5.41, 5.74) is 12.6. The van der Waals surface area contributed by atoms with Gasteiger partial charge in [-0.05, 0) is 31.4 Å². The first-order chi connectivity index (χ1) is 16.2. The third-order valence-electron chi connectivity index (χ3n) is 5.80. The largest absolute Gasteiger partial charge is 0.451 e. The Morgan fingerprint density at radius 2 is 1.68 bits per heavy atom. The van der Waals surface area contributed by atoms with Gasteiger partial charge < -0.3 is 16.2 Å². The van der Waals surface area contributed by atoms with Crippen LogP contribution in [0.3, 0.4) is 0 Å². The Bertz CT molecular complexity index is 1400. The Morgan fingerprint density at radius 1 is 0.941 bits per heavy atom. The maximum atomic E-state index is 15.1. The lowest BCUT2D eigenvalue weighted by Gasteiger charge is -2.11. The zero-order valence-corrected chi connectivity index (χ0v) is 17.4. The molecule has 5 rings (SSSR count). The molecule has 0 spiro atoms. The van der Waals surface area contributed by atoms with E-state index < -0.39 is 40.6 Å². The van der Waals surface area contributed by atoms with Gasteiger partial charge in [0.05, 0.1) is 11.4 Å². The second-order valence-corrected chi connectivity index (χ2v) is 8.02. The average Bonchev–Trinajstić information content (AvgIpc) is 3.40. The summed E-state index contributed by atoms with van der Waals surface area (Å²) in [4.78, 5) is 8.24. The summed E-state index contributed by atoms with van der Waals surface area (Å²) in [5.74, 6) is -9.29. The van der Waals surface area contributed by atoms with Crippen LogP contribution in [-0.4, -0.2) is 25.8 Å². The first kappa shape index (κ1) is 22.0. The van der Waals surface area contributed by atoms with Gasteiger partial charge in [0, 0.05) is 23.7 Å². The molecule has 0 amide bonds. The quantitative estimate of drug-likeness (QED) is 0.329. The lowest BCUT2D eigenvalue weighted by Crippen LogP contribution is -2.16. The van der Waals surface area contributed by atoms with E-state index in [1.807, 2.05) is 0 Å². The van der Waals surface area contributed by atoms with E-state index in [0.29, 0.717) is 17.5 Å². The van der Waals surface area contributed by atoms with Crippen LogP contribution >= 0.6 is 0 Å². The molecule has 7 nitrogen and oxygen atoms in total. The van der Waals surface area contributed by atoms with Crippen LogP contribution in [0.4, 0.5) is 27.8 Å². The predicted octanol–water partition coefficient (Wildman–Crippen LogP) is 4.62. The highest BCUT2D eigenvalue weighted by Gasteiger charge is 2.29. The van der Waals surface area contributed by atoms with E-state index in [4.69, 9.17) is 16.2 Å². The highest BCUT2D eigenvalue weighted by atomic mass is 19.2. The van der Waals surface area contributed by atoms with Crippen LogP contribution < -0.4 is 16.2 Å². The maximum absolute atomic E-state index is 15.1. The van der Waals surface area contributed by atoms with Crippen LogP contribution in [0.1, 0.15) is 25.3 Å². The van der Waals surface area contributed by atoms with Crippen molar-refractivity contribution in [2.45, 2.75) is 31.3 Å². The third kappa shape index (κ3) is 3.59. The van der Waals surface area contributed by atoms with Gasteiger partial charge in [-0.25, -0.2) is 27.8 Å². The van der Waals surface area contributed by atoms with Gasteiger partial charge in [0.2, 0.25) is 17.4 Å². The standard InChI is InChI=1S/C22H17F5N6O/c23-13-6-11(34-20-17(26)14(24)7-15(25)18(20)27)3-4-12(13)19-16-21(29)30-8-31-22(16)33(32-19)10-2-1-9(28)5-10/h3-4,6-10H,1-2,5,28H2,(H2,29,30,31)/t9-,10+/m0/s1. The highest BCUT2D eigenvalue weighted by molar-refractivity contribution is 5.98. The zero-order valence-electron chi connectivity index (χ0n) is 17.4. The van der Waals surface area contributed by atoms with Gasteiger partial charge in [-0.15, -0.1) is 0 Å². The Morgan fingerprint density at radius 3 is 2.32 bits per heavy atom. The number of hydrogen-bond acceptors (Lipinski definition) is 6. The molecule has 12 heteroatoms. The molecule has 2 aromatic carbocycles. The number of nitrogen functional groups attached to an aromatic ring is 1. The van der Waals surface area contributed by atoms with E-state index in [-0.39, 0.29) is 35.2 Å². The molecule has 4 aromatic rings. The Balaban J connectivity index is 1.57. The first-order valence-electron chi connectivity index (χ1n) is 10.3. The molecule has 176 valence electrons. The summed E-state index contributed by atoms with van der Waals surface area (Å²) in [6.07, 6.45) is 3.51. The van der Waals surface area contributed by atoms with Gasteiger partial charge in [-0.1, -0.05) is 0 Å². The van der Waals surface area contributed by atoms with Gasteiger partial charge in [-0.3, -0.25) is 0 Å². The van der Waals surface area contributed by atoms with E-state index in [2.05, 4.69) is 15.1 Å². The highest BCUT2D eigenvalue weighted by Crippen LogP contribution is 2.38. The first-order valence-corrected chi connectivity index (χ1v) is 10.3. The smallest absolute Gasteiger partial charge is 0.204 e. The second kappa shape index (κ2) is 8.20. The number of anilines is 1. The van der Waals surface area contributed by atoms with Crippen molar-refractivity contribution in [3.05, 3.63) is 59.7 Å². The Hall–Kier alpha value is -3.80. The summed E-state index contributed by atoms with van der Waals surface area (Å²) in [6.45, 7) is 0. The molecule has 1 aliphatic rings. The fourth-order valence-electron chi connectivity index (χ4n) is 4.16. The number of rotatable bonds is 4. The van der Waals surface area contributed by atoms with Crippen molar-refractivity contribution >= 4 is 16.9 Å². The molecule has 34 heavy (non-hydrogen) atoms. The van der Waals surface area contributed by atoms with Crippen LogP contribution in [0.15, 0.2) is 30.6 Å². The molecular formula is C22H17F5N6O. The number of hydrogen-bond donors (Lipinski definition) is 2. The van der Waals surface area contributed by atoms with Crippen molar-refractivity contribution in [1.29, 1.82) is 0 Å². The number of benzene rings is 2. The van der Waals surface area contributed by atoms with Gasteiger partial charge >= 0.3 is 0 Å². The van der Waals surface area contributed by atoms with Crippen molar-refractivity contribution in [2.24, 2.45) is 5.73 Å².